The molecule has 0 aliphatic rings. The van der Waals surface area contributed by atoms with Gasteiger partial charge in [-0.1, -0.05) is 23.2 Å². The summed E-state index contributed by atoms with van der Waals surface area (Å²) in [5.41, 5.74) is 3.34. The highest BCUT2D eigenvalue weighted by atomic mass is 35.5. The number of nitrogens with one attached hydrogen (secondary N) is 1. The van der Waals surface area contributed by atoms with Gasteiger partial charge in [0.15, 0.2) is 0 Å². The summed E-state index contributed by atoms with van der Waals surface area (Å²) in [7, 11) is 0. The van der Waals surface area contributed by atoms with E-state index in [0.29, 0.717) is 16.6 Å². The van der Waals surface area contributed by atoms with Crippen molar-refractivity contribution in [2.75, 3.05) is 5.32 Å². The van der Waals surface area contributed by atoms with Crippen LogP contribution in [-0.2, 0) is 6.54 Å². The van der Waals surface area contributed by atoms with Crippen molar-refractivity contribution in [3.8, 4) is 5.00 Å². The molecule has 0 saturated heterocycles. The first-order valence-corrected chi connectivity index (χ1v) is 8.02. The van der Waals surface area contributed by atoms with Crippen LogP contribution in [0.3, 0.4) is 0 Å². The van der Waals surface area contributed by atoms with Crippen molar-refractivity contribution in [3.05, 3.63) is 63.5 Å². The van der Waals surface area contributed by atoms with Crippen molar-refractivity contribution in [2.45, 2.75) is 13.5 Å². The number of halogens is 2. The van der Waals surface area contributed by atoms with Crippen LogP contribution in [-0.4, -0.2) is 9.55 Å². The molecule has 1 aromatic carbocycles. The zero-order valence-electron chi connectivity index (χ0n) is 11.3. The van der Waals surface area contributed by atoms with Crippen LogP contribution in [0.5, 0.6) is 0 Å². The molecule has 0 amide bonds. The maximum Gasteiger partial charge on any atom is 0.102 e. The van der Waals surface area contributed by atoms with Gasteiger partial charge in [-0.15, -0.1) is 11.3 Å². The number of hydrogen-bond donors (Lipinski definition) is 1. The number of aromatic nitrogens is 2. The van der Waals surface area contributed by atoms with Gasteiger partial charge in [0, 0.05) is 30.0 Å². The number of thiophene rings is 1. The molecule has 3 rings (SSSR count). The highest BCUT2D eigenvalue weighted by Gasteiger charge is 2.06. The van der Waals surface area contributed by atoms with E-state index in [2.05, 4.69) is 21.7 Å². The SMILES string of the molecule is Cc1cc(Cl)c(Cl)cc1CNc1csc(-n2ccnc2)c1. The van der Waals surface area contributed by atoms with Gasteiger partial charge in [0.05, 0.1) is 16.4 Å². The summed E-state index contributed by atoms with van der Waals surface area (Å²) < 4.78 is 1.99. The minimum absolute atomic E-state index is 0.587. The van der Waals surface area contributed by atoms with Crippen molar-refractivity contribution >= 4 is 40.2 Å². The molecule has 6 heteroatoms. The summed E-state index contributed by atoms with van der Waals surface area (Å²) in [6.45, 7) is 2.74. The lowest BCUT2D eigenvalue weighted by Gasteiger charge is -2.09. The Bertz CT molecular complexity index is 750. The zero-order chi connectivity index (χ0) is 14.8. The van der Waals surface area contributed by atoms with Crippen molar-refractivity contribution in [3.63, 3.8) is 0 Å². The maximum absolute atomic E-state index is 6.07. The Hall–Kier alpha value is -1.49. The zero-order valence-corrected chi connectivity index (χ0v) is 13.6. The molecule has 0 aliphatic heterocycles. The van der Waals surface area contributed by atoms with Gasteiger partial charge in [-0.3, -0.25) is 4.57 Å². The van der Waals surface area contributed by atoms with Crippen molar-refractivity contribution in [2.24, 2.45) is 0 Å². The third kappa shape index (κ3) is 3.23. The molecule has 108 valence electrons. The Morgan fingerprint density at radius 2 is 2.05 bits per heavy atom. The topological polar surface area (TPSA) is 29.9 Å². The monoisotopic (exact) mass is 337 g/mol. The number of hydrogen-bond acceptors (Lipinski definition) is 3. The smallest absolute Gasteiger partial charge is 0.102 e. The van der Waals surface area contributed by atoms with Crippen LogP contribution in [0, 0.1) is 6.92 Å². The Morgan fingerprint density at radius 3 is 2.81 bits per heavy atom. The molecule has 0 spiro atoms. The second kappa shape index (κ2) is 6.10. The van der Waals surface area contributed by atoms with E-state index in [4.69, 9.17) is 23.2 Å². The number of rotatable bonds is 4. The average Bonchev–Trinajstić information content (AvgIpc) is 3.11. The molecular weight excluding hydrogens is 325 g/mol. The van der Waals surface area contributed by atoms with Crippen LogP contribution in [0.1, 0.15) is 11.1 Å². The van der Waals surface area contributed by atoms with Gasteiger partial charge in [0.25, 0.3) is 0 Å². The van der Waals surface area contributed by atoms with Crippen LogP contribution in [0.25, 0.3) is 5.00 Å². The third-order valence-corrected chi connectivity index (χ3v) is 4.87. The summed E-state index contributed by atoms with van der Waals surface area (Å²) in [5, 5.41) is 7.80. The van der Waals surface area contributed by atoms with E-state index in [1.54, 1.807) is 23.9 Å². The van der Waals surface area contributed by atoms with E-state index in [1.807, 2.05) is 29.8 Å². The Kier molecular flexibility index (Phi) is 4.19. The van der Waals surface area contributed by atoms with Gasteiger partial charge in [0.1, 0.15) is 5.00 Å². The van der Waals surface area contributed by atoms with Crippen LogP contribution in [0.15, 0.2) is 42.3 Å². The second-order valence-electron chi connectivity index (χ2n) is 4.69. The van der Waals surface area contributed by atoms with Crippen LogP contribution in [0.2, 0.25) is 10.0 Å². The molecular formula is C15H13Cl2N3S. The molecule has 3 aromatic rings. The minimum atomic E-state index is 0.587. The average molecular weight is 338 g/mol. The highest BCUT2D eigenvalue weighted by molar-refractivity contribution is 7.13. The molecule has 2 aromatic heterocycles. The van der Waals surface area contributed by atoms with E-state index >= 15 is 0 Å². The number of anilines is 1. The lowest BCUT2D eigenvalue weighted by molar-refractivity contribution is 1.08. The highest BCUT2D eigenvalue weighted by Crippen LogP contribution is 2.27. The summed E-state index contributed by atoms with van der Waals surface area (Å²) in [5.74, 6) is 0. The first kappa shape index (κ1) is 14.4. The van der Waals surface area contributed by atoms with Crippen LogP contribution >= 0.6 is 34.5 Å². The largest absolute Gasteiger partial charge is 0.380 e. The van der Waals surface area contributed by atoms with Gasteiger partial charge in [0.2, 0.25) is 0 Å². The summed E-state index contributed by atoms with van der Waals surface area (Å²) >= 11 is 13.7. The first-order valence-electron chi connectivity index (χ1n) is 6.39. The Labute approximate surface area is 137 Å². The van der Waals surface area contributed by atoms with Gasteiger partial charge >= 0.3 is 0 Å². The molecule has 0 fully saturated rings. The van der Waals surface area contributed by atoms with E-state index < -0.39 is 0 Å². The fraction of sp³-hybridized carbons (Fsp3) is 0.133. The molecule has 0 saturated carbocycles. The number of imidazole rings is 1. The fourth-order valence-electron chi connectivity index (χ4n) is 2.02. The maximum atomic E-state index is 6.07. The van der Waals surface area contributed by atoms with Gasteiger partial charge in [-0.25, -0.2) is 4.98 Å². The van der Waals surface area contributed by atoms with Gasteiger partial charge in [-0.2, -0.15) is 0 Å². The van der Waals surface area contributed by atoms with E-state index in [0.717, 1.165) is 21.8 Å². The standard InChI is InChI=1S/C15H13Cl2N3S/c1-10-4-13(16)14(17)5-11(10)7-19-12-6-15(21-8-12)20-3-2-18-9-20/h2-6,8-9,19H,7H2,1H3. The van der Waals surface area contributed by atoms with Crippen molar-refractivity contribution < 1.29 is 0 Å². The number of benzene rings is 1. The predicted octanol–water partition coefficient (Wildman–Crippen LogP) is 5.16. The van der Waals surface area contributed by atoms with Gasteiger partial charge in [-0.05, 0) is 36.2 Å². The molecule has 2 heterocycles. The van der Waals surface area contributed by atoms with Crippen LogP contribution < -0.4 is 5.32 Å². The van der Waals surface area contributed by atoms with E-state index in [1.165, 1.54) is 0 Å². The van der Waals surface area contributed by atoms with E-state index in [-0.39, 0.29) is 0 Å². The molecule has 0 radical (unpaired) electrons. The van der Waals surface area contributed by atoms with Crippen molar-refractivity contribution in [1.82, 2.24) is 9.55 Å². The number of nitrogens with zero attached hydrogens (tertiary/aromatic N) is 2. The predicted molar refractivity (Wildman–Crippen MR) is 90.0 cm³/mol. The summed E-state index contributed by atoms with van der Waals surface area (Å²) in [6, 6.07) is 5.90. The molecule has 0 aliphatic carbocycles. The molecule has 0 bridgehead atoms. The quantitative estimate of drug-likeness (QED) is 0.712. The molecule has 0 atom stereocenters. The molecule has 3 nitrogen and oxygen atoms in total. The molecule has 0 unspecified atom stereocenters. The fourth-order valence-corrected chi connectivity index (χ4v) is 3.25. The normalized spacial score (nSPS) is 10.8. The summed E-state index contributed by atoms with van der Waals surface area (Å²) in [4.78, 5) is 4.05. The first-order chi connectivity index (χ1) is 10.1. The van der Waals surface area contributed by atoms with Crippen LogP contribution in [0.4, 0.5) is 5.69 Å². The molecule has 21 heavy (non-hydrogen) atoms. The van der Waals surface area contributed by atoms with Crippen molar-refractivity contribution in [1.29, 1.82) is 0 Å². The Balaban J connectivity index is 1.72. The minimum Gasteiger partial charge on any atom is -0.380 e. The second-order valence-corrected chi connectivity index (χ2v) is 6.39. The Morgan fingerprint density at radius 1 is 1.24 bits per heavy atom. The summed E-state index contributed by atoms with van der Waals surface area (Å²) in [6.07, 6.45) is 5.49. The third-order valence-electron chi connectivity index (χ3n) is 3.21. The number of aryl methyl sites for hydroxylation is 1. The van der Waals surface area contributed by atoms with Gasteiger partial charge < -0.3 is 5.32 Å². The molecule has 1 N–H and O–H groups in total. The lowest BCUT2D eigenvalue weighted by atomic mass is 10.1. The lowest BCUT2D eigenvalue weighted by Crippen LogP contribution is -2.00. The van der Waals surface area contributed by atoms with E-state index in [9.17, 15) is 0 Å².